The molecule has 0 aliphatic carbocycles. The van der Waals surface area contributed by atoms with Crippen molar-refractivity contribution in [1.29, 1.82) is 0 Å². The normalized spacial score (nSPS) is 11.3. The fourth-order valence-electron chi connectivity index (χ4n) is 3.95. The molecular formula is C23H23F2N5O5. The number of amides is 1. The number of carbonyl (C=O) groups excluding carboxylic acids is 1. The van der Waals surface area contributed by atoms with E-state index in [0.29, 0.717) is 27.9 Å². The van der Waals surface area contributed by atoms with Crippen molar-refractivity contribution < 1.29 is 32.9 Å². The van der Waals surface area contributed by atoms with Gasteiger partial charge in [0.15, 0.2) is 0 Å². The van der Waals surface area contributed by atoms with Crippen LogP contribution in [0.5, 0.6) is 17.2 Å². The fourth-order valence-corrected chi connectivity index (χ4v) is 3.95. The minimum absolute atomic E-state index is 0.0175. The summed E-state index contributed by atoms with van der Waals surface area (Å²) < 4.78 is 45.2. The molecule has 0 aliphatic rings. The number of hydrogen-bond donors (Lipinski definition) is 2. The highest BCUT2D eigenvalue weighted by molar-refractivity contribution is 6.03. The van der Waals surface area contributed by atoms with Gasteiger partial charge in [-0.15, -0.1) is 0 Å². The average molecular weight is 487 g/mol. The van der Waals surface area contributed by atoms with E-state index in [4.69, 9.17) is 15.2 Å². The molecule has 12 heteroatoms. The summed E-state index contributed by atoms with van der Waals surface area (Å²) in [6.45, 7) is -3.40. The Balaban J connectivity index is 1.98. The summed E-state index contributed by atoms with van der Waals surface area (Å²) in [6.07, 6.45) is 3.53. The Hall–Kier alpha value is -4.19. The van der Waals surface area contributed by atoms with E-state index in [1.54, 1.807) is 35.7 Å². The first-order valence-electron chi connectivity index (χ1n) is 10.4. The lowest BCUT2D eigenvalue weighted by Crippen LogP contribution is -2.16. The van der Waals surface area contributed by atoms with Gasteiger partial charge in [-0.2, -0.15) is 19.0 Å². The first-order chi connectivity index (χ1) is 16.7. The van der Waals surface area contributed by atoms with Gasteiger partial charge in [0.25, 0.3) is 5.91 Å². The minimum atomic E-state index is -3.19. The summed E-state index contributed by atoms with van der Waals surface area (Å²) in [5.41, 5.74) is 8.11. The summed E-state index contributed by atoms with van der Waals surface area (Å²) in [4.78, 5) is 12.0. The number of carbonyl (C=O) groups is 1. The molecule has 0 atom stereocenters. The molecule has 0 saturated carbocycles. The van der Waals surface area contributed by atoms with E-state index in [2.05, 4.69) is 14.9 Å². The zero-order valence-electron chi connectivity index (χ0n) is 19.2. The van der Waals surface area contributed by atoms with Crippen molar-refractivity contribution in [2.45, 2.75) is 6.61 Å². The molecule has 2 aromatic heterocycles. The molecule has 0 saturated heterocycles. The Labute approximate surface area is 198 Å². The maximum atomic E-state index is 13.1. The Kier molecular flexibility index (Phi) is 6.56. The standard InChI is InChI=1S/C23H23F2N5O5/c1-29-11-14(10-27-29)12-6-15-19(17(7-12)34-5-4-31)21(30(2)28-15)13-8-16(33-3)20(22(26)32)18(9-13)35-23(24)25/h6-11,23,31H,4-5H2,1-3H3,(H2,26,32). The highest BCUT2D eigenvalue weighted by Crippen LogP contribution is 2.42. The molecule has 2 aromatic carbocycles. The average Bonchev–Trinajstić information content (AvgIpc) is 3.38. The van der Waals surface area contributed by atoms with E-state index in [9.17, 15) is 18.7 Å². The van der Waals surface area contributed by atoms with Gasteiger partial charge in [0.05, 0.1) is 36.5 Å². The number of benzene rings is 2. The first-order valence-corrected chi connectivity index (χ1v) is 10.4. The van der Waals surface area contributed by atoms with Crippen molar-refractivity contribution in [3.63, 3.8) is 0 Å². The number of hydrogen-bond acceptors (Lipinski definition) is 7. The number of aromatic nitrogens is 4. The van der Waals surface area contributed by atoms with Crippen LogP contribution in [0, 0.1) is 0 Å². The third-order valence-electron chi connectivity index (χ3n) is 5.31. The summed E-state index contributed by atoms with van der Waals surface area (Å²) >= 11 is 0. The van der Waals surface area contributed by atoms with Crippen LogP contribution in [0.2, 0.25) is 0 Å². The van der Waals surface area contributed by atoms with E-state index < -0.39 is 18.3 Å². The van der Waals surface area contributed by atoms with Crippen molar-refractivity contribution >= 4 is 16.8 Å². The summed E-state index contributed by atoms with van der Waals surface area (Å²) in [5, 5.41) is 18.7. The van der Waals surface area contributed by atoms with Gasteiger partial charge < -0.3 is 25.1 Å². The number of nitrogens with zero attached hydrogens (tertiary/aromatic N) is 4. The molecular weight excluding hydrogens is 464 g/mol. The number of methoxy groups -OCH3 is 1. The SMILES string of the molecule is COc1cc(-c2c3c(OCCO)cc(-c4cnn(C)c4)cc3nn2C)cc(OC(F)F)c1C(N)=O. The first kappa shape index (κ1) is 24.0. The molecule has 2 heterocycles. The van der Waals surface area contributed by atoms with Gasteiger partial charge in [-0.3, -0.25) is 14.2 Å². The molecule has 0 bridgehead atoms. The van der Waals surface area contributed by atoms with Crippen LogP contribution in [0.1, 0.15) is 10.4 Å². The predicted octanol–water partition coefficient (Wildman–Crippen LogP) is 2.72. The second-order valence-corrected chi connectivity index (χ2v) is 7.61. The van der Waals surface area contributed by atoms with Crippen LogP contribution in [0.4, 0.5) is 8.78 Å². The Morgan fingerprint density at radius 1 is 1.11 bits per heavy atom. The Morgan fingerprint density at radius 3 is 2.43 bits per heavy atom. The fraction of sp³-hybridized carbons (Fsp3) is 0.261. The number of fused-ring (bicyclic) bond motifs is 1. The van der Waals surface area contributed by atoms with Gasteiger partial charge in [0.2, 0.25) is 0 Å². The molecule has 0 aliphatic heterocycles. The smallest absolute Gasteiger partial charge is 0.387 e. The maximum absolute atomic E-state index is 13.1. The van der Waals surface area contributed by atoms with Gasteiger partial charge in [-0.05, 0) is 29.8 Å². The van der Waals surface area contributed by atoms with Gasteiger partial charge >= 0.3 is 6.61 Å². The number of nitrogens with two attached hydrogens (primary N) is 1. The number of rotatable bonds is 9. The van der Waals surface area contributed by atoms with Crippen LogP contribution in [-0.2, 0) is 14.1 Å². The topological polar surface area (TPSA) is 127 Å². The van der Waals surface area contributed by atoms with E-state index in [0.717, 1.165) is 11.1 Å². The van der Waals surface area contributed by atoms with E-state index in [-0.39, 0.29) is 24.5 Å². The molecule has 184 valence electrons. The van der Waals surface area contributed by atoms with Crippen molar-refractivity contribution in [3.8, 4) is 39.6 Å². The van der Waals surface area contributed by atoms with Crippen LogP contribution in [0.3, 0.4) is 0 Å². The summed E-state index contributed by atoms with van der Waals surface area (Å²) in [5.74, 6) is -1.04. The van der Waals surface area contributed by atoms with Crippen LogP contribution >= 0.6 is 0 Å². The van der Waals surface area contributed by atoms with Crippen LogP contribution in [0.25, 0.3) is 33.3 Å². The van der Waals surface area contributed by atoms with Gasteiger partial charge in [0.1, 0.15) is 29.4 Å². The quantitative estimate of drug-likeness (QED) is 0.372. The largest absolute Gasteiger partial charge is 0.496 e. The number of alkyl halides is 2. The second-order valence-electron chi connectivity index (χ2n) is 7.61. The highest BCUT2D eigenvalue weighted by atomic mass is 19.3. The van der Waals surface area contributed by atoms with E-state index >= 15 is 0 Å². The van der Waals surface area contributed by atoms with Crippen molar-refractivity contribution in [2.24, 2.45) is 19.8 Å². The molecule has 0 spiro atoms. The number of halogens is 2. The minimum Gasteiger partial charge on any atom is -0.496 e. The Bertz CT molecular complexity index is 1400. The third kappa shape index (κ3) is 4.60. The molecule has 10 nitrogen and oxygen atoms in total. The molecule has 1 amide bonds. The molecule has 3 N–H and O–H groups in total. The number of aryl methyl sites for hydroxylation is 2. The molecule has 4 aromatic rings. The molecule has 0 radical (unpaired) electrons. The van der Waals surface area contributed by atoms with E-state index in [1.807, 2.05) is 12.3 Å². The number of aliphatic hydroxyl groups excluding tert-OH is 1. The van der Waals surface area contributed by atoms with Crippen molar-refractivity contribution in [2.75, 3.05) is 20.3 Å². The monoisotopic (exact) mass is 487 g/mol. The van der Waals surface area contributed by atoms with Crippen molar-refractivity contribution in [1.82, 2.24) is 19.6 Å². The molecule has 4 rings (SSSR count). The van der Waals surface area contributed by atoms with Crippen molar-refractivity contribution in [3.05, 3.63) is 42.2 Å². The molecule has 0 unspecified atom stereocenters. The summed E-state index contributed by atoms with van der Waals surface area (Å²) in [6, 6.07) is 6.38. The lowest BCUT2D eigenvalue weighted by atomic mass is 10.0. The highest BCUT2D eigenvalue weighted by Gasteiger charge is 2.25. The molecule has 0 fully saturated rings. The van der Waals surface area contributed by atoms with Gasteiger partial charge in [0, 0.05) is 31.4 Å². The Morgan fingerprint density at radius 2 is 1.83 bits per heavy atom. The van der Waals surface area contributed by atoms with Crippen LogP contribution < -0.4 is 19.9 Å². The lowest BCUT2D eigenvalue weighted by Gasteiger charge is -2.16. The van der Waals surface area contributed by atoms with Crippen LogP contribution in [0.15, 0.2) is 36.7 Å². The lowest BCUT2D eigenvalue weighted by molar-refractivity contribution is -0.0502. The number of aliphatic hydroxyl groups is 1. The van der Waals surface area contributed by atoms with Crippen LogP contribution in [-0.4, -0.2) is 57.5 Å². The number of primary amides is 1. The van der Waals surface area contributed by atoms with Gasteiger partial charge in [-0.25, -0.2) is 0 Å². The molecule has 35 heavy (non-hydrogen) atoms. The predicted molar refractivity (Wildman–Crippen MR) is 123 cm³/mol. The maximum Gasteiger partial charge on any atom is 0.387 e. The zero-order chi connectivity index (χ0) is 25.3. The zero-order valence-corrected chi connectivity index (χ0v) is 19.2. The summed E-state index contributed by atoms with van der Waals surface area (Å²) in [7, 11) is 4.76. The van der Waals surface area contributed by atoms with Gasteiger partial charge in [-0.1, -0.05) is 0 Å². The second kappa shape index (κ2) is 9.58. The third-order valence-corrected chi connectivity index (χ3v) is 5.31. The number of ether oxygens (including phenoxy) is 3. The van der Waals surface area contributed by atoms with E-state index in [1.165, 1.54) is 19.2 Å².